The summed E-state index contributed by atoms with van der Waals surface area (Å²) in [5.41, 5.74) is 0.516. The van der Waals surface area contributed by atoms with Gasteiger partial charge < -0.3 is 15.3 Å². The van der Waals surface area contributed by atoms with Gasteiger partial charge in [0.2, 0.25) is 5.91 Å². The zero-order valence-electron chi connectivity index (χ0n) is 11.9. The van der Waals surface area contributed by atoms with Gasteiger partial charge in [-0.1, -0.05) is 6.07 Å². The number of amides is 1. The summed E-state index contributed by atoms with van der Waals surface area (Å²) >= 11 is 0. The minimum atomic E-state index is -0.422. The fourth-order valence-electron chi connectivity index (χ4n) is 2.66. The van der Waals surface area contributed by atoms with E-state index in [9.17, 15) is 14.3 Å². The standard InChI is InChI=1S/C15H21FN2O2/c1-10(9-18-7-3-4-15(18)20)17-11(2)13-6-5-12(19)8-14(13)16/h5-6,8,10-11,17,19H,3-4,7,9H2,1-2H3. The van der Waals surface area contributed by atoms with Gasteiger partial charge in [-0.3, -0.25) is 4.79 Å². The van der Waals surface area contributed by atoms with Gasteiger partial charge >= 0.3 is 0 Å². The second kappa shape index (κ2) is 6.22. The lowest BCUT2D eigenvalue weighted by Crippen LogP contribution is -2.40. The van der Waals surface area contributed by atoms with E-state index in [1.807, 2.05) is 18.7 Å². The highest BCUT2D eigenvalue weighted by Crippen LogP contribution is 2.21. The minimum Gasteiger partial charge on any atom is -0.508 e. The van der Waals surface area contributed by atoms with Crippen molar-refractivity contribution in [2.24, 2.45) is 0 Å². The van der Waals surface area contributed by atoms with Crippen molar-refractivity contribution in [1.29, 1.82) is 0 Å². The van der Waals surface area contributed by atoms with E-state index in [-0.39, 0.29) is 23.7 Å². The fourth-order valence-corrected chi connectivity index (χ4v) is 2.66. The van der Waals surface area contributed by atoms with Gasteiger partial charge in [0.05, 0.1) is 0 Å². The third kappa shape index (κ3) is 3.48. The van der Waals surface area contributed by atoms with Crippen LogP contribution in [0.4, 0.5) is 4.39 Å². The van der Waals surface area contributed by atoms with Crippen LogP contribution in [0.15, 0.2) is 18.2 Å². The Balaban J connectivity index is 1.93. The Morgan fingerprint density at radius 2 is 2.20 bits per heavy atom. The lowest BCUT2D eigenvalue weighted by molar-refractivity contribution is -0.127. The maximum Gasteiger partial charge on any atom is 0.222 e. The van der Waals surface area contributed by atoms with E-state index < -0.39 is 5.82 Å². The van der Waals surface area contributed by atoms with Crippen LogP contribution in [-0.4, -0.2) is 35.0 Å². The van der Waals surface area contributed by atoms with Crippen LogP contribution in [0.5, 0.6) is 5.75 Å². The molecular weight excluding hydrogens is 259 g/mol. The van der Waals surface area contributed by atoms with Crippen LogP contribution >= 0.6 is 0 Å². The molecule has 2 atom stereocenters. The molecule has 110 valence electrons. The summed E-state index contributed by atoms with van der Waals surface area (Å²) in [5.74, 6) is -0.300. The van der Waals surface area contributed by atoms with E-state index in [1.54, 1.807) is 6.07 Å². The van der Waals surface area contributed by atoms with Crippen LogP contribution in [-0.2, 0) is 4.79 Å². The topological polar surface area (TPSA) is 52.6 Å². The summed E-state index contributed by atoms with van der Waals surface area (Å²) in [6.45, 7) is 5.31. The monoisotopic (exact) mass is 280 g/mol. The molecule has 1 aliphatic heterocycles. The van der Waals surface area contributed by atoms with Crippen LogP contribution < -0.4 is 5.32 Å². The molecule has 2 rings (SSSR count). The Morgan fingerprint density at radius 1 is 1.45 bits per heavy atom. The van der Waals surface area contributed by atoms with E-state index in [2.05, 4.69) is 5.32 Å². The Kier molecular flexibility index (Phi) is 4.60. The molecule has 2 N–H and O–H groups in total. The molecule has 0 saturated carbocycles. The molecule has 0 radical (unpaired) electrons. The third-order valence-electron chi connectivity index (χ3n) is 3.65. The molecule has 1 aromatic rings. The first-order chi connectivity index (χ1) is 9.47. The van der Waals surface area contributed by atoms with Crippen molar-refractivity contribution in [3.8, 4) is 5.75 Å². The molecule has 0 bridgehead atoms. The Labute approximate surface area is 118 Å². The van der Waals surface area contributed by atoms with Crippen LogP contribution in [0.1, 0.15) is 38.3 Å². The smallest absolute Gasteiger partial charge is 0.222 e. The predicted molar refractivity (Wildman–Crippen MR) is 74.9 cm³/mol. The molecule has 1 fully saturated rings. The number of rotatable bonds is 5. The van der Waals surface area contributed by atoms with Crippen LogP contribution in [0, 0.1) is 5.82 Å². The van der Waals surface area contributed by atoms with E-state index in [0.717, 1.165) is 19.0 Å². The van der Waals surface area contributed by atoms with Crippen molar-refractivity contribution in [3.63, 3.8) is 0 Å². The van der Waals surface area contributed by atoms with Gasteiger partial charge in [-0.2, -0.15) is 0 Å². The van der Waals surface area contributed by atoms with Crippen LogP contribution in [0.3, 0.4) is 0 Å². The molecule has 1 aliphatic rings. The van der Waals surface area contributed by atoms with Gasteiger partial charge in [-0.15, -0.1) is 0 Å². The molecule has 2 unspecified atom stereocenters. The number of likely N-dealkylation sites (tertiary alicyclic amines) is 1. The predicted octanol–water partition coefficient (Wildman–Crippen LogP) is 2.19. The minimum absolute atomic E-state index is 0.0749. The number of hydrogen-bond donors (Lipinski definition) is 2. The Morgan fingerprint density at radius 3 is 2.80 bits per heavy atom. The lowest BCUT2D eigenvalue weighted by atomic mass is 10.1. The number of carbonyl (C=O) groups is 1. The second-order valence-corrected chi connectivity index (χ2v) is 5.44. The quantitative estimate of drug-likeness (QED) is 0.869. The van der Waals surface area contributed by atoms with Crippen molar-refractivity contribution < 1.29 is 14.3 Å². The number of carbonyl (C=O) groups excluding carboxylic acids is 1. The zero-order chi connectivity index (χ0) is 14.7. The molecule has 0 aromatic heterocycles. The van der Waals surface area contributed by atoms with Gasteiger partial charge in [0.25, 0.3) is 0 Å². The summed E-state index contributed by atoms with van der Waals surface area (Å²) in [7, 11) is 0. The van der Waals surface area contributed by atoms with Crippen molar-refractivity contribution in [3.05, 3.63) is 29.6 Å². The molecule has 0 aliphatic carbocycles. The molecular formula is C15H21FN2O2. The van der Waals surface area contributed by atoms with Gasteiger partial charge in [-0.05, 0) is 26.3 Å². The lowest BCUT2D eigenvalue weighted by Gasteiger charge is -2.25. The molecule has 4 nitrogen and oxygen atoms in total. The fraction of sp³-hybridized carbons (Fsp3) is 0.533. The first-order valence-electron chi connectivity index (χ1n) is 6.99. The molecule has 0 spiro atoms. The molecule has 20 heavy (non-hydrogen) atoms. The molecule has 1 heterocycles. The van der Waals surface area contributed by atoms with Gasteiger partial charge in [-0.25, -0.2) is 4.39 Å². The van der Waals surface area contributed by atoms with Crippen LogP contribution in [0.25, 0.3) is 0 Å². The summed E-state index contributed by atoms with van der Waals surface area (Å²) in [5, 5.41) is 12.5. The Hall–Kier alpha value is -1.62. The normalized spacial score (nSPS) is 18.4. The van der Waals surface area contributed by atoms with Gasteiger partial charge in [0, 0.05) is 43.2 Å². The van der Waals surface area contributed by atoms with Crippen molar-refractivity contribution in [2.75, 3.05) is 13.1 Å². The number of nitrogens with one attached hydrogen (secondary N) is 1. The van der Waals surface area contributed by atoms with Gasteiger partial charge in [0.15, 0.2) is 0 Å². The van der Waals surface area contributed by atoms with Crippen molar-refractivity contribution in [1.82, 2.24) is 10.2 Å². The number of aromatic hydroxyl groups is 1. The number of phenolic OH excluding ortho intramolecular Hbond substituents is 1. The Bertz CT molecular complexity index is 493. The number of hydrogen-bond acceptors (Lipinski definition) is 3. The summed E-state index contributed by atoms with van der Waals surface area (Å²) in [6.07, 6.45) is 1.56. The van der Waals surface area contributed by atoms with E-state index in [4.69, 9.17) is 0 Å². The summed E-state index contributed by atoms with van der Waals surface area (Å²) in [4.78, 5) is 13.4. The van der Waals surface area contributed by atoms with E-state index >= 15 is 0 Å². The molecule has 1 aromatic carbocycles. The van der Waals surface area contributed by atoms with Crippen molar-refractivity contribution in [2.45, 2.75) is 38.8 Å². The number of nitrogens with zero attached hydrogens (tertiary/aromatic N) is 1. The largest absolute Gasteiger partial charge is 0.508 e. The summed E-state index contributed by atoms with van der Waals surface area (Å²) < 4.78 is 13.8. The highest BCUT2D eigenvalue weighted by atomic mass is 19.1. The summed E-state index contributed by atoms with van der Waals surface area (Å²) in [6, 6.07) is 4.08. The maximum absolute atomic E-state index is 13.8. The molecule has 5 heteroatoms. The molecule has 1 amide bonds. The van der Waals surface area contributed by atoms with E-state index in [1.165, 1.54) is 6.07 Å². The number of phenols is 1. The average molecular weight is 280 g/mol. The number of benzene rings is 1. The van der Waals surface area contributed by atoms with Crippen LogP contribution in [0.2, 0.25) is 0 Å². The average Bonchev–Trinajstić information content (AvgIpc) is 2.74. The van der Waals surface area contributed by atoms with E-state index in [0.29, 0.717) is 18.5 Å². The highest BCUT2D eigenvalue weighted by molar-refractivity contribution is 5.78. The van der Waals surface area contributed by atoms with Gasteiger partial charge in [0.1, 0.15) is 11.6 Å². The zero-order valence-corrected chi connectivity index (χ0v) is 11.9. The first-order valence-corrected chi connectivity index (χ1v) is 6.99. The first kappa shape index (κ1) is 14.8. The van der Waals surface area contributed by atoms with Crippen molar-refractivity contribution >= 4 is 5.91 Å². The number of halogens is 1. The maximum atomic E-state index is 13.8. The second-order valence-electron chi connectivity index (χ2n) is 5.44. The SMILES string of the molecule is CC(CN1CCCC1=O)NC(C)c1ccc(O)cc1F. The highest BCUT2D eigenvalue weighted by Gasteiger charge is 2.22. The third-order valence-corrected chi connectivity index (χ3v) is 3.65. The molecule has 1 saturated heterocycles.